The molecule has 0 amide bonds. The van der Waals surface area contributed by atoms with Crippen molar-refractivity contribution in [2.24, 2.45) is 0 Å². The van der Waals surface area contributed by atoms with Crippen molar-refractivity contribution in [3.05, 3.63) is 211 Å². The van der Waals surface area contributed by atoms with Crippen LogP contribution in [0.25, 0.3) is 96.2 Å². The van der Waals surface area contributed by atoms with E-state index in [1.807, 2.05) is 36.4 Å². The van der Waals surface area contributed by atoms with Gasteiger partial charge in [-0.3, -0.25) is 4.57 Å². The molecule has 0 spiro atoms. The van der Waals surface area contributed by atoms with Crippen LogP contribution in [0.3, 0.4) is 0 Å². The number of rotatable bonds is 7. The summed E-state index contributed by atoms with van der Waals surface area (Å²) in [5.41, 5.74) is 18.6. The first-order valence-electron chi connectivity index (χ1n) is 21.4. The number of hydrogen-bond donors (Lipinski definition) is 0. The summed E-state index contributed by atoms with van der Waals surface area (Å²) in [4.78, 5) is 20.6. The van der Waals surface area contributed by atoms with Gasteiger partial charge >= 0.3 is 0 Å². The van der Waals surface area contributed by atoms with Gasteiger partial charge in [-0.15, -0.1) is 0 Å². The minimum absolute atomic E-state index is 0.639. The Kier molecular flexibility index (Phi) is 8.66. The molecule has 0 aliphatic heterocycles. The van der Waals surface area contributed by atoms with Crippen molar-refractivity contribution >= 4 is 17.0 Å². The second kappa shape index (κ2) is 14.9. The van der Waals surface area contributed by atoms with E-state index in [0.717, 1.165) is 64.8 Å². The predicted molar refractivity (Wildman–Crippen MR) is 251 cm³/mol. The van der Waals surface area contributed by atoms with E-state index >= 15 is 0 Å². The first-order valence-corrected chi connectivity index (χ1v) is 21.4. The lowest BCUT2D eigenvalue weighted by Crippen LogP contribution is -2.14. The third kappa shape index (κ3) is 6.10. The van der Waals surface area contributed by atoms with Gasteiger partial charge in [-0.1, -0.05) is 164 Å². The number of fused-ring (bicyclic) bond motifs is 7. The third-order valence-electron chi connectivity index (χ3n) is 12.4. The van der Waals surface area contributed by atoms with E-state index in [9.17, 15) is 0 Å². The number of nitrogens with zero attached hydrogens (tertiary/aromatic N) is 6. The van der Waals surface area contributed by atoms with E-state index < -0.39 is 0 Å². The maximum atomic E-state index is 5.21. The molecule has 0 atom stereocenters. The topological polar surface area (TPSA) is 61.4 Å². The molecule has 0 fully saturated rings. The standard InChI is InChI=1S/C56H40N6/c1-4-15-37(16-5-1)38-27-29-39(30-28-38)46-23-14-24-47(57-46)40-31-33-43(34-32-40)61-48-25-12-10-21-44(48)52-50(61)35-36-51-53(52)45-22-11-13-26-49(45)62(51)56-59-54(41-17-6-2-7-18-41)58-55(60-56)42-19-8-3-9-20-42/h1-11,13-24,26-34H,12,25,35-36H2. The highest BCUT2D eigenvalue weighted by Crippen LogP contribution is 2.48. The average molecular weight is 797 g/mol. The molecular formula is C56H40N6. The smallest absolute Gasteiger partial charge is 0.238 e. The molecule has 0 N–H and O–H groups in total. The minimum Gasteiger partial charge on any atom is -0.317 e. The molecule has 12 rings (SSSR count). The lowest BCUT2D eigenvalue weighted by Gasteiger charge is -2.20. The molecule has 10 aromatic rings. The highest BCUT2D eigenvalue weighted by Gasteiger charge is 2.33. The Balaban J connectivity index is 0.952. The summed E-state index contributed by atoms with van der Waals surface area (Å²) in [5.74, 6) is 1.96. The van der Waals surface area contributed by atoms with Crippen LogP contribution in [0, 0.1) is 0 Å². The van der Waals surface area contributed by atoms with Gasteiger partial charge in [-0.05, 0) is 67.1 Å². The van der Waals surface area contributed by atoms with Gasteiger partial charge in [0.1, 0.15) is 0 Å². The summed E-state index contributed by atoms with van der Waals surface area (Å²) in [6, 6.07) is 63.7. The first kappa shape index (κ1) is 35.9. The van der Waals surface area contributed by atoms with E-state index in [1.165, 1.54) is 56.0 Å². The van der Waals surface area contributed by atoms with Gasteiger partial charge in [-0.2, -0.15) is 9.97 Å². The van der Waals surface area contributed by atoms with E-state index in [0.29, 0.717) is 17.6 Å². The summed E-state index contributed by atoms with van der Waals surface area (Å²) < 4.78 is 4.85. The fourth-order valence-electron chi connectivity index (χ4n) is 9.54. The van der Waals surface area contributed by atoms with Gasteiger partial charge in [0.2, 0.25) is 5.95 Å². The molecule has 2 aliphatic carbocycles. The molecule has 2 aliphatic rings. The van der Waals surface area contributed by atoms with E-state index in [-0.39, 0.29) is 0 Å². The van der Waals surface area contributed by atoms with Crippen molar-refractivity contribution in [3.63, 3.8) is 0 Å². The maximum Gasteiger partial charge on any atom is 0.238 e. The number of para-hydroxylation sites is 1. The van der Waals surface area contributed by atoms with Crippen LogP contribution in [0.15, 0.2) is 188 Å². The minimum atomic E-state index is 0.639. The zero-order valence-corrected chi connectivity index (χ0v) is 34.0. The number of benzene rings is 6. The number of allylic oxidation sites excluding steroid dienone is 1. The summed E-state index contributed by atoms with van der Waals surface area (Å²) >= 11 is 0. The van der Waals surface area contributed by atoms with Crippen molar-refractivity contribution < 1.29 is 0 Å². The van der Waals surface area contributed by atoms with Crippen molar-refractivity contribution in [2.45, 2.75) is 25.7 Å². The van der Waals surface area contributed by atoms with Crippen LogP contribution >= 0.6 is 0 Å². The van der Waals surface area contributed by atoms with E-state index in [1.54, 1.807) is 0 Å². The quantitative estimate of drug-likeness (QED) is 0.161. The molecule has 62 heavy (non-hydrogen) atoms. The van der Waals surface area contributed by atoms with E-state index in [4.69, 9.17) is 19.9 Å². The van der Waals surface area contributed by atoms with Gasteiger partial charge in [0, 0.05) is 67.1 Å². The molecular weight excluding hydrogens is 757 g/mol. The van der Waals surface area contributed by atoms with Crippen LogP contribution in [0.5, 0.6) is 0 Å². The molecule has 0 saturated carbocycles. The molecule has 0 unspecified atom stereocenters. The molecule has 294 valence electrons. The lowest BCUT2D eigenvalue weighted by molar-refractivity contribution is 0.775. The SMILES string of the molecule is C1=Cc2c3c(n(-c4ccc(-c5cccc(-c6ccc(-c7ccccc7)cc6)n5)cc4)c2CC1)CCc1c-3c2ccccc2n1-c1nc(-c2ccccc2)nc(-c2ccccc2)n1. The molecule has 6 heteroatoms. The monoisotopic (exact) mass is 796 g/mol. The molecule has 0 bridgehead atoms. The van der Waals surface area contributed by atoms with E-state index in [2.05, 4.69) is 167 Å². The summed E-state index contributed by atoms with van der Waals surface area (Å²) in [6.07, 6.45) is 8.42. The first-order chi connectivity index (χ1) is 30.7. The Morgan fingerprint density at radius 3 is 1.55 bits per heavy atom. The van der Waals surface area contributed by atoms with Crippen LogP contribution in [-0.2, 0) is 19.3 Å². The molecule has 6 nitrogen and oxygen atoms in total. The Bertz CT molecular complexity index is 3250. The zero-order valence-electron chi connectivity index (χ0n) is 34.0. The fourth-order valence-corrected chi connectivity index (χ4v) is 9.54. The van der Waals surface area contributed by atoms with Crippen molar-refractivity contribution in [1.82, 2.24) is 29.1 Å². The Labute approximate surface area is 360 Å². The summed E-state index contributed by atoms with van der Waals surface area (Å²) in [6.45, 7) is 0. The molecule has 0 saturated heterocycles. The highest BCUT2D eigenvalue weighted by atomic mass is 15.2. The van der Waals surface area contributed by atoms with Crippen LogP contribution in [0.1, 0.15) is 29.1 Å². The van der Waals surface area contributed by atoms with Gasteiger partial charge in [0.15, 0.2) is 11.6 Å². The van der Waals surface area contributed by atoms with Gasteiger partial charge in [0.25, 0.3) is 0 Å². The molecule has 0 radical (unpaired) electrons. The summed E-state index contributed by atoms with van der Waals surface area (Å²) in [7, 11) is 0. The largest absolute Gasteiger partial charge is 0.317 e. The fraction of sp³-hybridized carbons (Fsp3) is 0.0714. The second-order valence-electron chi connectivity index (χ2n) is 16.0. The molecule has 4 heterocycles. The van der Waals surface area contributed by atoms with Crippen molar-refractivity contribution in [2.75, 3.05) is 0 Å². The van der Waals surface area contributed by atoms with Crippen molar-refractivity contribution in [1.29, 1.82) is 0 Å². The average Bonchev–Trinajstić information content (AvgIpc) is 3.88. The van der Waals surface area contributed by atoms with Crippen molar-refractivity contribution in [3.8, 4) is 79.2 Å². The van der Waals surface area contributed by atoms with Gasteiger partial charge in [0.05, 0.1) is 16.9 Å². The maximum absolute atomic E-state index is 5.21. The van der Waals surface area contributed by atoms with Crippen LogP contribution in [0.2, 0.25) is 0 Å². The Morgan fingerprint density at radius 1 is 0.371 bits per heavy atom. The third-order valence-corrected chi connectivity index (χ3v) is 12.4. The lowest BCUT2D eigenvalue weighted by atomic mass is 9.88. The molecule has 4 aromatic heterocycles. The Hall–Kier alpha value is -7.96. The molecule has 6 aromatic carbocycles. The zero-order chi connectivity index (χ0) is 41.0. The second-order valence-corrected chi connectivity index (χ2v) is 16.0. The van der Waals surface area contributed by atoms with Gasteiger partial charge in [-0.25, -0.2) is 9.97 Å². The summed E-state index contributed by atoms with van der Waals surface area (Å²) in [5, 5.41) is 1.21. The number of pyridine rings is 1. The van der Waals surface area contributed by atoms with Crippen LogP contribution < -0.4 is 0 Å². The Morgan fingerprint density at radius 2 is 0.903 bits per heavy atom. The normalized spacial score (nSPS) is 12.8. The predicted octanol–water partition coefficient (Wildman–Crippen LogP) is 13.1. The van der Waals surface area contributed by atoms with Crippen LogP contribution in [0.4, 0.5) is 0 Å². The number of hydrogen-bond acceptors (Lipinski definition) is 4. The van der Waals surface area contributed by atoms with Crippen LogP contribution in [-0.4, -0.2) is 29.1 Å². The number of aromatic nitrogens is 6. The van der Waals surface area contributed by atoms with Gasteiger partial charge < -0.3 is 4.57 Å². The highest BCUT2D eigenvalue weighted by molar-refractivity contribution is 6.03.